The number of rotatable bonds is 7. The van der Waals surface area contributed by atoms with Gasteiger partial charge in [-0.3, -0.25) is 0 Å². The number of nitrogens with one attached hydrogen (secondary N) is 2. The van der Waals surface area contributed by atoms with Crippen LogP contribution in [0.1, 0.15) is 0 Å². The molecule has 31 heavy (non-hydrogen) atoms. The molecule has 0 aliphatic carbocycles. The van der Waals surface area contributed by atoms with Gasteiger partial charge in [0, 0.05) is 29.7 Å². The Morgan fingerprint density at radius 3 is 2.45 bits per heavy atom. The second-order valence-corrected chi connectivity index (χ2v) is 9.89. The third-order valence-electron chi connectivity index (χ3n) is 4.43. The Balaban J connectivity index is 1.55. The number of anilines is 1. The molecule has 0 unspecified atom stereocenters. The molecule has 0 bridgehead atoms. The van der Waals surface area contributed by atoms with Crippen LogP contribution in [0.4, 0.5) is 5.82 Å². The highest BCUT2D eigenvalue weighted by Gasteiger charge is 2.17. The predicted octanol–water partition coefficient (Wildman–Crippen LogP) is 4.86. The number of benzene rings is 2. The first-order chi connectivity index (χ1) is 14.9. The van der Waals surface area contributed by atoms with Gasteiger partial charge in [-0.2, -0.15) is 9.61 Å². The number of hydrogen-bond acceptors (Lipinski definition) is 5. The van der Waals surface area contributed by atoms with Gasteiger partial charge in [-0.05, 0) is 34.1 Å². The van der Waals surface area contributed by atoms with E-state index in [1.807, 2.05) is 24.3 Å². The van der Waals surface area contributed by atoms with Gasteiger partial charge >= 0.3 is 0 Å². The zero-order chi connectivity index (χ0) is 22.0. The normalized spacial score (nSPS) is 11.7. The zero-order valence-corrected chi connectivity index (χ0v) is 19.8. The molecule has 0 aliphatic heterocycles. The first kappa shape index (κ1) is 22.0. The molecule has 4 rings (SSSR count). The molecule has 2 aromatic carbocycles. The lowest BCUT2D eigenvalue weighted by atomic mass is 10.1. The van der Waals surface area contributed by atoms with Gasteiger partial charge in [-0.25, -0.2) is 18.1 Å². The molecule has 0 atom stereocenters. The van der Waals surface area contributed by atoms with Crippen LogP contribution in [0, 0.1) is 0 Å². The molecule has 0 saturated heterocycles. The molecule has 0 saturated carbocycles. The van der Waals surface area contributed by atoms with Crippen molar-refractivity contribution in [2.45, 2.75) is 4.90 Å². The fourth-order valence-corrected chi connectivity index (χ4v) is 5.12. The Kier molecular flexibility index (Phi) is 6.49. The van der Waals surface area contributed by atoms with Crippen LogP contribution in [-0.4, -0.2) is 36.1 Å². The van der Waals surface area contributed by atoms with Gasteiger partial charge in [-0.1, -0.05) is 53.5 Å². The lowest BCUT2D eigenvalue weighted by molar-refractivity contribution is 0.583. The van der Waals surface area contributed by atoms with Gasteiger partial charge in [0.2, 0.25) is 10.0 Å². The molecule has 0 amide bonds. The van der Waals surface area contributed by atoms with Crippen LogP contribution in [0.2, 0.25) is 10.0 Å². The summed E-state index contributed by atoms with van der Waals surface area (Å²) in [5, 5.41) is 8.27. The van der Waals surface area contributed by atoms with E-state index in [1.54, 1.807) is 28.9 Å². The largest absolute Gasteiger partial charge is 0.369 e. The van der Waals surface area contributed by atoms with Crippen molar-refractivity contribution < 1.29 is 8.42 Å². The number of nitrogens with zero attached hydrogens (tertiary/aromatic N) is 3. The summed E-state index contributed by atoms with van der Waals surface area (Å²) in [7, 11) is -3.72. The summed E-state index contributed by atoms with van der Waals surface area (Å²) < 4.78 is 29.9. The van der Waals surface area contributed by atoms with Gasteiger partial charge < -0.3 is 5.32 Å². The van der Waals surface area contributed by atoms with Gasteiger partial charge in [0.15, 0.2) is 5.65 Å². The molecule has 0 radical (unpaired) electrons. The zero-order valence-electron chi connectivity index (χ0n) is 15.9. The molecule has 7 nitrogen and oxygen atoms in total. The van der Waals surface area contributed by atoms with Crippen LogP contribution in [-0.2, 0) is 10.0 Å². The van der Waals surface area contributed by atoms with E-state index in [0.717, 1.165) is 10.0 Å². The summed E-state index contributed by atoms with van der Waals surface area (Å²) >= 11 is 15.8. The maximum atomic E-state index is 12.5. The lowest BCUT2D eigenvalue weighted by Gasteiger charge is -2.12. The molecule has 2 heterocycles. The van der Waals surface area contributed by atoms with Gasteiger partial charge in [0.1, 0.15) is 10.7 Å². The quantitative estimate of drug-likeness (QED) is 0.327. The molecule has 0 spiro atoms. The third-order valence-corrected chi connectivity index (χ3v) is 7.28. The fraction of sp³-hybridized carbons (Fsp3) is 0.100. The van der Waals surface area contributed by atoms with Crippen LogP contribution < -0.4 is 10.0 Å². The number of halogens is 3. The van der Waals surface area contributed by atoms with Crippen LogP contribution in [0.5, 0.6) is 0 Å². The second kappa shape index (κ2) is 9.13. The smallest absolute Gasteiger partial charge is 0.242 e. The SMILES string of the molecule is O=S(=O)(NCCNc1cc(-c2ccccc2Cl)nc2c(Br)cnn12)c1ccccc1Cl. The number of fused-ring (bicyclic) bond motifs is 1. The average molecular weight is 541 g/mol. The molecular formula is C20H16BrCl2N5O2S. The van der Waals surface area contributed by atoms with Gasteiger partial charge in [0.05, 0.1) is 21.4 Å². The summed E-state index contributed by atoms with van der Waals surface area (Å²) in [5.74, 6) is 0.641. The summed E-state index contributed by atoms with van der Waals surface area (Å²) in [6, 6.07) is 15.5. The van der Waals surface area contributed by atoms with Crippen molar-refractivity contribution in [3.05, 3.63) is 75.3 Å². The summed E-state index contributed by atoms with van der Waals surface area (Å²) in [6.07, 6.45) is 1.64. The first-order valence-electron chi connectivity index (χ1n) is 9.14. The van der Waals surface area contributed by atoms with E-state index in [-0.39, 0.29) is 16.5 Å². The van der Waals surface area contributed by atoms with Gasteiger partial charge in [0.25, 0.3) is 0 Å². The van der Waals surface area contributed by atoms with Crippen molar-refractivity contribution in [1.82, 2.24) is 19.3 Å². The maximum Gasteiger partial charge on any atom is 0.242 e. The standard InChI is InChI=1S/C20H16BrCl2N5O2S/c21-14-12-25-28-19(11-17(27-20(14)28)13-5-1-2-6-15(13)22)24-9-10-26-31(29,30)18-8-4-3-7-16(18)23/h1-8,11-12,24,26H,9-10H2. The lowest BCUT2D eigenvalue weighted by Crippen LogP contribution is -2.29. The number of aromatic nitrogens is 3. The molecule has 0 fully saturated rings. The minimum atomic E-state index is -3.72. The predicted molar refractivity (Wildman–Crippen MR) is 126 cm³/mol. The van der Waals surface area contributed by atoms with E-state index in [2.05, 4.69) is 36.1 Å². The van der Waals surface area contributed by atoms with E-state index in [0.29, 0.717) is 28.7 Å². The highest BCUT2D eigenvalue weighted by Crippen LogP contribution is 2.30. The topological polar surface area (TPSA) is 88.4 Å². The van der Waals surface area contributed by atoms with E-state index in [9.17, 15) is 8.42 Å². The van der Waals surface area contributed by atoms with Crippen LogP contribution in [0.25, 0.3) is 16.9 Å². The van der Waals surface area contributed by atoms with Crippen LogP contribution in [0.3, 0.4) is 0 Å². The Morgan fingerprint density at radius 2 is 1.71 bits per heavy atom. The number of sulfonamides is 1. The maximum absolute atomic E-state index is 12.5. The van der Waals surface area contributed by atoms with Crippen molar-refractivity contribution >= 4 is 60.6 Å². The monoisotopic (exact) mass is 539 g/mol. The summed E-state index contributed by atoms with van der Waals surface area (Å²) in [6.45, 7) is 0.448. The highest BCUT2D eigenvalue weighted by molar-refractivity contribution is 9.10. The van der Waals surface area contributed by atoms with E-state index in [1.165, 1.54) is 12.1 Å². The van der Waals surface area contributed by atoms with E-state index in [4.69, 9.17) is 23.2 Å². The van der Waals surface area contributed by atoms with Gasteiger partial charge in [-0.15, -0.1) is 0 Å². The second-order valence-electron chi connectivity index (χ2n) is 6.49. The molecule has 0 aliphatic rings. The molecule has 2 aromatic heterocycles. The van der Waals surface area contributed by atoms with E-state index >= 15 is 0 Å². The van der Waals surface area contributed by atoms with Crippen molar-refractivity contribution in [2.75, 3.05) is 18.4 Å². The van der Waals surface area contributed by atoms with Crippen LogP contribution in [0.15, 0.2) is 70.2 Å². The molecule has 11 heteroatoms. The fourth-order valence-electron chi connectivity index (χ4n) is 2.99. The highest BCUT2D eigenvalue weighted by atomic mass is 79.9. The Labute approximate surface area is 197 Å². The minimum Gasteiger partial charge on any atom is -0.369 e. The summed E-state index contributed by atoms with van der Waals surface area (Å²) in [5.41, 5.74) is 2.05. The molecule has 2 N–H and O–H groups in total. The van der Waals surface area contributed by atoms with Crippen molar-refractivity contribution in [3.63, 3.8) is 0 Å². The Bertz CT molecular complexity index is 1360. The summed E-state index contributed by atoms with van der Waals surface area (Å²) in [4.78, 5) is 4.69. The van der Waals surface area contributed by atoms with E-state index < -0.39 is 10.0 Å². The minimum absolute atomic E-state index is 0.0416. The number of hydrogen-bond donors (Lipinski definition) is 2. The van der Waals surface area contributed by atoms with Crippen molar-refractivity contribution in [1.29, 1.82) is 0 Å². The first-order valence-corrected chi connectivity index (χ1v) is 12.2. The van der Waals surface area contributed by atoms with Crippen molar-refractivity contribution in [3.8, 4) is 11.3 Å². The van der Waals surface area contributed by atoms with Crippen LogP contribution >= 0.6 is 39.1 Å². The third kappa shape index (κ3) is 4.70. The van der Waals surface area contributed by atoms with Crippen molar-refractivity contribution in [2.24, 2.45) is 0 Å². The molecular weight excluding hydrogens is 525 g/mol. The molecule has 160 valence electrons. The Hall–Kier alpha value is -2.17. The molecule has 4 aromatic rings. The average Bonchev–Trinajstić information content (AvgIpc) is 3.12. The Morgan fingerprint density at radius 1 is 1.00 bits per heavy atom.